The van der Waals surface area contributed by atoms with Crippen LogP contribution in [0.2, 0.25) is 0 Å². The van der Waals surface area contributed by atoms with E-state index < -0.39 is 45.2 Å². The maximum atomic E-state index is 13.5. The van der Waals surface area contributed by atoms with Gasteiger partial charge in [-0.1, -0.05) is 6.92 Å². The number of amides is 1. The molecule has 0 aromatic carbocycles. The van der Waals surface area contributed by atoms with Crippen molar-refractivity contribution in [3.05, 3.63) is 42.4 Å². The van der Waals surface area contributed by atoms with Gasteiger partial charge in [-0.15, -0.1) is 5.10 Å². The molecule has 43 heavy (non-hydrogen) atoms. The van der Waals surface area contributed by atoms with E-state index in [4.69, 9.17) is 9.72 Å². The van der Waals surface area contributed by atoms with Gasteiger partial charge in [0.1, 0.15) is 22.7 Å². The Hall–Kier alpha value is -3.62. The first kappa shape index (κ1) is 30.8. The summed E-state index contributed by atoms with van der Waals surface area (Å²) in [7, 11) is -4.25. The van der Waals surface area contributed by atoms with Crippen LogP contribution in [0.25, 0.3) is 5.82 Å². The highest BCUT2D eigenvalue weighted by atomic mass is 32.2. The third kappa shape index (κ3) is 6.08. The molecule has 234 valence electrons. The topological polar surface area (TPSA) is 124 Å². The average Bonchev–Trinajstić information content (AvgIpc) is 3.22. The summed E-state index contributed by atoms with van der Waals surface area (Å²) < 4.78 is 76.6. The van der Waals surface area contributed by atoms with Crippen molar-refractivity contribution in [1.82, 2.24) is 29.3 Å². The minimum Gasteiger partial charge on any atom is -0.476 e. The van der Waals surface area contributed by atoms with E-state index in [0.717, 1.165) is 6.42 Å². The lowest BCUT2D eigenvalue weighted by Gasteiger charge is -2.34. The highest BCUT2D eigenvalue weighted by molar-refractivity contribution is 7.90. The minimum absolute atomic E-state index is 0.0118. The van der Waals surface area contributed by atoms with Crippen molar-refractivity contribution in [3.63, 3.8) is 0 Å². The number of nitrogens with one attached hydrogen (secondary N) is 1. The molecule has 0 unspecified atom stereocenters. The van der Waals surface area contributed by atoms with Gasteiger partial charge in [0.25, 0.3) is 15.9 Å². The molecule has 1 aliphatic heterocycles. The molecule has 1 atom stereocenters. The van der Waals surface area contributed by atoms with Crippen LogP contribution >= 0.6 is 0 Å². The number of sulfonamides is 1. The van der Waals surface area contributed by atoms with Gasteiger partial charge in [0, 0.05) is 30.5 Å². The van der Waals surface area contributed by atoms with E-state index >= 15 is 0 Å². The molecule has 0 radical (unpaired) electrons. The zero-order valence-corrected chi connectivity index (χ0v) is 25.8. The Morgan fingerprint density at radius 2 is 1.86 bits per heavy atom. The standard InChI is InChI=1S/C28H36F3N7O4S/c1-18-13-26(5,6)36(15-18)23-20(24(39)35-43(40,41)19-14-32-38(16-19)25(2,3)4)7-8-21(33-23)37-12-9-22(34-37)42-17-27(10-11-27)28(29,30)31/h7-9,12,14,16,18H,10-11,13,15,17H2,1-6H3,(H,35,39)/t18-/m0/s1. The summed E-state index contributed by atoms with van der Waals surface area (Å²) in [5.74, 6) is -0.0339. The maximum Gasteiger partial charge on any atom is 0.397 e. The van der Waals surface area contributed by atoms with Crippen LogP contribution in [0.5, 0.6) is 5.88 Å². The van der Waals surface area contributed by atoms with Gasteiger partial charge in [0.2, 0.25) is 5.88 Å². The van der Waals surface area contributed by atoms with Crippen molar-refractivity contribution in [3.8, 4) is 11.7 Å². The van der Waals surface area contributed by atoms with Crippen LogP contribution in [0.1, 0.15) is 71.2 Å². The third-order valence-corrected chi connectivity index (χ3v) is 9.25. The number of halogens is 3. The second-order valence-electron chi connectivity index (χ2n) is 13.2. The van der Waals surface area contributed by atoms with Crippen molar-refractivity contribution in [2.24, 2.45) is 11.3 Å². The van der Waals surface area contributed by atoms with Crippen LogP contribution in [-0.4, -0.2) is 63.7 Å². The number of carbonyl (C=O) groups excluding carboxylic acids is 1. The van der Waals surface area contributed by atoms with Crippen molar-refractivity contribution < 1.29 is 31.1 Å². The molecule has 1 N–H and O–H groups in total. The number of hydrogen-bond donors (Lipinski definition) is 1. The lowest BCUT2D eigenvalue weighted by atomic mass is 9.97. The van der Waals surface area contributed by atoms with Gasteiger partial charge in [0.15, 0.2) is 5.82 Å². The molecule has 1 amide bonds. The number of aromatic nitrogens is 5. The van der Waals surface area contributed by atoms with E-state index in [9.17, 15) is 26.4 Å². The predicted octanol–water partition coefficient (Wildman–Crippen LogP) is 4.68. The van der Waals surface area contributed by atoms with Crippen molar-refractivity contribution in [2.75, 3.05) is 18.1 Å². The van der Waals surface area contributed by atoms with Crippen molar-refractivity contribution in [2.45, 2.75) is 83.0 Å². The number of alkyl halides is 3. The molecule has 5 rings (SSSR count). The fourth-order valence-electron chi connectivity index (χ4n) is 5.34. The van der Waals surface area contributed by atoms with Crippen LogP contribution in [0.4, 0.5) is 19.0 Å². The Morgan fingerprint density at radius 3 is 2.42 bits per heavy atom. The van der Waals surface area contributed by atoms with Crippen LogP contribution in [0.3, 0.4) is 0 Å². The quantitative estimate of drug-likeness (QED) is 0.384. The molecular formula is C28H36F3N7O4S. The summed E-state index contributed by atoms with van der Waals surface area (Å²) in [6.45, 7) is 11.8. The maximum absolute atomic E-state index is 13.5. The summed E-state index contributed by atoms with van der Waals surface area (Å²) in [5, 5.41) is 8.37. The molecule has 1 aliphatic carbocycles. The smallest absolute Gasteiger partial charge is 0.397 e. The van der Waals surface area contributed by atoms with Crippen LogP contribution in [0.15, 0.2) is 41.7 Å². The minimum atomic E-state index is -4.34. The summed E-state index contributed by atoms with van der Waals surface area (Å²) in [6, 6.07) is 4.40. The van der Waals surface area contributed by atoms with Crippen LogP contribution < -0.4 is 14.4 Å². The molecule has 11 nitrogen and oxygen atoms in total. The second-order valence-corrected chi connectivity index (χ2v) is 14.8. The Morgan fingerprint density at radius 1 is 1.16 bits per heavy atom. The third-order valence-electron chi connectivity index (χ3n) is 7.97. The number of nitrogens with zero attached hydrogens (tertiary/aromatic N) is 6. The zero-order valence-electron chi connectivity index (χ0n) is 24.9. The predicted molar refractivity (Wildman–Crippen MR) is 152 cm³/mol. The molecule has 3 aromatic rings. The number of rotatable bonds is 8. The Bertz CT molecular complexity index is 1640. The summed E-state index contributed by atoms with van der Waals surface area (Å²) in [5.41, 5.74) is -2.65. The fraction of sp³-hybridized carbons (Fsp3) is 0.571. The molecule has 2 fully saturated rings. The number of carbonyl (C=O) groups is 1. The number of ether oxygens (including phenoxy) is 1. The van der Waals surface area contributed by atoms with Crippen LogP contribution in [0, 0.1) is 11.3 Å². The average molecular weight is 624 g/mol. The molecule has 15 heteroatoms. The van der Waals surface area contributed by atoms with E-state index in [1.54, 1.807) is 0 Å². The van der Waals surface area contributed by atoms with E-state index in [1.807, 2.05) is 39.5 Å². The molecular weight excluding hydrogens is 587 g/mol. The first-order valence-electron chi connectivity index (χ1n) is 14.0. The normalized spacial score (nSPS) is 19.8. The lowest BCUT2D eigenvalue weighted by molar-refractivity contribution is -0.194. The van der Waals surface area contributed by atoms with E-state index in [2.05, 4.69) is 21.8 Å². The number of hydrogen-bond acceptors (Lipinski definition) is 8. The van der Waals surface area contributed by atoms with Gasteiger partial charge in [-0.25, -0.2) is 22.8 Å². The van der Waals surface area contributed by atoms with E-state index in [-0.39, 0.29) is 46.7 Å². The van der Waals surface area contributed by atoms with Gasteiger partial charge in [-0.2, -0.15) is 18.3 Å². The molecule has 1 saturated heterocycles. The summed E-state index contributed by atoms with van der Waals surface area (Å²) in [6.07, 6.45) is 0.553. The van der Waals surface area contributed by atoms with Gasteiger partial charge in [-0.05, 0) is 71.9 Å². The van der Waals surface area contributed by atoms with Crippen molar-refractivity contribution >= 4 is 21.7 Å². The summed E-state index contributed by atoms with van der Waals surface area (Å²) in [4.78, 5) is 20.0. The monoisotopic (exact) mass is 623 g/mol. The van der Waals surface area contributed by atoms with Gasteiger partial charge in [0.05, 0.1) is 17.3 Å². The molecule has 0 bridgehead atoms. The summed E-state index contributed by atoms with van der Waals surface area (Å²) >= 11 is 0. The first-order chi connectivity index (χ1) is 19.8. The van der Waals surface area contributed by atoms with Gasteiger partial charge >= 0.3 is 6.18 Å². The second kappa shape index (κ2) is 10.2. The molecule has 1 saturated carbocycles. The molecule has 0 spiro atoms. The Kier molecular flexibility index (Phi) is 7.34. The fourth-order valence-corrected chi connectivity index (χ4v) is 6.24. The molecule has 3 aromatic heterocycles. The Balaban J connectivity index is 1.44. The van der Waals surface area contributed by atoms with Crippen LogP contribution in [-0.2, 0) is 15.6 Å². The highest BCUT2D eigenvalue weighted by Gasteiger charge is 2.64. The lowest BCUT2D eigenvalue weighted by Crippen LogP contribution is -2.41. The number of anilines is 1. The highest BCUT2D eigenvalue weighted by Crippen LogP contribution is 2.57. The van der Waals surface area contributed by atoms with E-state index in [0.29, 0.717) is 6.54 Å². The SMILES string of the molecule is C[C@@H]1CN(c2nc(-n3ccc(OCC4(C(F)(F)F)CC4)n3)ccc2C(=O)NS(=O)(=O)c2cnn(C(C)(C)C)c2)C(C)(C)C1. The van der Waals surface area contributed by atoms with E-state index in [1.165, 1.54) is 46.2 Å². The zero-order chi connectivity index (χ0) is 31.6. The number of pyridine rings is 1. The van der Waals surface area contributed by atoms with Gasteiger partial charge in [-0.3, -0.25) is 9.48 Å². The van der Waals surface area contributed by atoms with Gasteiger partial charge < -0.3 is 9.64 Å². The molecule has 2 aliphatic rings. The Labute approximate surface area is 248 Å². The molecule has 4 heterocycles. The largest absolute Gasteiger partial charge is 0.476 e. The van der Waals surface area contributed by atoms with Crippen molar-refractivity contribution in [1.29, 1.82) is 0 Å². The first-order valence-corrected chi connectivity index (χ1v) is 15.5.